The van der Waals surface area contributed by atoms with Crippen LogP contribution in [0, 0.1) is 0 Å². The van der Waals surface area contributed by atoms with Gasteiger partial charge in [0.2, 0.25) is 0 Å². The van der Waals surface area contributed by atoms with E-state index in [1.165, 1.54) is 12.8 Å². The average molecular weight is 278 g/mol. The fourth-order valence-electron chi connectivity index (χ4n) is 2.12. The molecular weight excluding hydrogens is 259 g/mol. The molecule has 0 saturated heterocycles. The van der Waals surface area contributed by atoms with E-state index in [0.717, 1.165) is 0 Å². The van der Waals surface area contributed by atoms with Gasteiger partial charge in [0.25, 0.3) is 0 Å². The summed E-state index contributed by atoms with van der Waals surface area (Å²) in [4.78, 5) is 0. The first-order chi connectivity index (χ1) is 7.09. The summed E-state index contributed by atoms with van der Waals surface area (Å²) < 4.78 is 3.47. The van der Waals surface area contributed by atoms with E-state index >= 15 is 0 Å². The number of rotatable bonds is 2. The molecule has 0 amide bonds. The molecule has 0 radical (unpaired) electrons. The van der Waals surface area contributed by atoms with Gasteiger partial charge < -0.3 is 0 Å². The second kappa shape index (κ2) is 4.38. The van der Waals surface area contributed by atoms with Crippen LogP contribution in [0.3, 0.4) is 0 Å². The third-order valence-corrected chi connectivity index (χ3v) is 8.17. The van der Waals surface area contributed by atoms with Gasteiger partial charge in [-0.3, -0.25) is 0 Å². The van der Waals surface area contributed by atoms with E-state index < -0.39 is 23.2 Å². The molecule has 2 rings (SSSR count). The van der Waals surface area contributed by atoms with Gasteiger partial charge in [-0.15, -0.1) is 0 Å². The summed E-state index contributed by atoms with van der Waals surface area (Å²) in [6.45, 7) is 9.18. The average Bonchev–Trinajstić information content (AvgIpc) is 2.68. The first kappa shape index (κ1) is 11.3. The zero-order chi connectivity index (χ0) is 11.0. The van der Waals surface area contributed by atoms with Crippen LogP contribution in [0.25, 0.3) is 0 Å². The summed E-state index contributed by atoms with van der Waals surface area (Å²) in [6, 6.07) is 0. The summed E-state index contributed by atoms with van der Waals surface area (Å²) in [5.41, 5.74) is 6.39. The molecule has 0 spiro atoms. The van der Waals surface area contributed by atoms with Crippen LogP contribution in [0.15, 0.2) is 41.0 Å². The van der Waals surface area contributed by atoms with Crippen LogP contribution in [0.1, 0.15) is 40.5 Å². The second-order valence-corrected chi connectivity index (χ2v) is 7.77. The second-order valence-electron chi connectivity index (χ2n) is 4.60. The van der Waals surface area contributed by atoms with E-state index in [1.54, 1.807) is 28.9 Å². The van der Waals surface area contributed by atoms with Crippen LogP contribution >= 0.6 is 0 Å². The minimum atomic E-state index is -0.497. The van der Waals surface area contributed by atoms with Gasteiger partial charge in [0.05, 0.1) is 0 Å². The summed E-state index contributed by atoms with van der Waals surface area (Å²) in [5.74, 6) is 0. The van der Waals surface area contributed by atoms with Crippen molar-refractivity contribution < 1.29 is 23.2 Å². The molecule has 0 aromatic heterocycles. The van der Waals surface area contributed by atoms with E-state index in [9.17, 15) is 0 Å². The number of allylic oxidation sites excluding steroid dienone is 8. The Kier molecular flexibility index (Phi) is 3.31. The Morgan fingerprint density at radius 2 is 1.60 bits per heavy atom. The van der Waals surface area contributed by atoms with Crippen molar-refractivity contribution in [1.29, 1.82) is 0 Å². The van der Waals surface area contributed by atoms with Crippen LogP contribution in [0.4, 0.5) is 0 Å². The molecule has 1 heteroatoms. The van der Waals surface area contributed by atoms with Crippen molar-refractivity contribution in [3.8, 4) is 0 Å². The summed E-state index contributed by atoms with van der Waals surface area (Å²) in [7, 11) is 0. The Labute approximate surface area is 104 Å². The molecular formula is C14H18Zr. The fraction of sp³-hybridized carbons (Fsp3) is 0.429. The number of hydrogen-bond acceptors (Lipinski definition) is 0. The van der Waals surface area contributed by atoms with Gasteiger partial charge in [0, 0.05) is 0 Å². The Balaban J connectivity index is 2.18. The first-order valence-corrected chi connectivity index (χ1v) is 8.06. The van der Waals surface area contributed by atoms with Crippen molar-refractivity contribution in [2.75, 3.05) is 0 Å². The molecule has 78 valence electrons. The molecule has 15 heavy (non-hydrogen) atoms. The zero-order valence-corrected chi connectivity index (χ0v) is 12.5. The van der Waals surface area contributed by atoms with Gasteiger partial charge in [-0.05, 0) is 0 Å². The maximum absolute atomic E-state index is 2.47. The van der Waals surface area contributed by atoms with Crippen molar-refractivity contribution in [3.63, 3.8) is 0 Å². The van der Waals surface area contributed by atoms with Gasteiger partial charge in [0.1, 0.15) is 0 Å². The van der Waals surface area contributed by atoms with Crippen LogP contribution in [0.5, 0.6) is 0 Å². The van der Waals surface area contributed by atoms with Crippen molar-refractivity contribution >= 4 is 0 Å². The summed E-state index contributed by atoms with van der Waals surface area (Å²) in [6.07, 6.45) is 7.28. The van der Waals surface area contributed by atoms with Gasteiger partial charge in [-0.25, -0.2) is 0 Å². The minimum absolute atomic E-state index is 0.497. The molecule has 2 aliphatic rings. The molecule has 0 aliphatic heterocycles. The molecule has 2 aliphatic carbocycles. The molecule has 0 saturated carbocycles. The molecule has 0 aromatic carbocycles. The van der Waals surface area contributed by atoms with E-state index in [1.807, 2.05) is 0 Å². The predicted octanol–water partition coefficient (Wildman–Crippen LogP) is 4.32. The maximum atomic E-state index is 2.47. The normalized spacial score (nSPS) is 21.1. The topological polar surface area (TPSA) is 0 Å². The third kappa shape index (κ3) is 2.18. The van der Waals surface area contributed by atoms with Gasteiger partial charge in [0.15, 0.2) is 0 Å². The van der Waals surface area contributed by atoms with Crippen LogP contribution in [0.2, 0.25) is 0 Å². The van der Waals surface area contributed by atoms with E-state index in [2.05, 4.69) is 39.8 Å². The van der Waals surface area contributed by atoms with Crippen LogP contribution < -0.4 is 0 Å². The van der Waals surface area contributed by atoms with Gasteiger partial charge >= 0.3 is 105 Å². The van der Waals surface area contributed by atoms with Crippen molar-refractivity contribution in [3.05, 3.63) is 41.0 Å². The van der Waals surface area contributed by atoms with Crippen LogP contribution in [-0.4, -0.2) is 0 Å². The van der Waals surface area contributed by atoms with E-state index in [4.69, 9.17) is 0 Å². The Morgan fingerprint density at radius 1 is 0.933 bits per heavy atom. The molecule has 0 fully saturated rings. The Bertz CT molecular complexity index is 417. The molecule has 0 bridgehead atoms. The Morgan fingerprint density at radius 3 is 2.07 bits per heavy atom. The van der Waals surface area contributed by atoms with E-state index in [-0.39, 0.29) is 0 Å². The molecule has 0 nitrogen and oxygen atoms in total. The monoisotopic (exact) mass is 276 g/mol. The zero-order valence-electron chi connectivity index (χ0n) is 10.1. The summed E-state index contributed by atoms with van der Waals surface area (Å²) in [5, 5.41) is 0. The van der Waals surface area contributed by atoms with Crippen LogP contribution in [-0.2, 0) is 23.2 Å². The summed E-state index contributed by atoms with van der Waals surface area (Å²) >= 11 is -0.497. The quantitative estimate of drug-likeness (QED) is 0.705. The molecule has 0 heterocycles. The molecule has 0 N–H and O–H groups in total. The predicted molar refractivity (Wildman–Crippen MR) is 62.1 cm³/mol. The standard InChI is InChI=1S/2C7H9.Zr/c1-6-3-4-7(2)5-6;1-6-4-3-5-7(6)2;/h2*3H,4H2,1-2H3;. The molecule has 0 unspecified atom stereocenters. The molecule has 0 aromatic rings. The number of hydrogen-bond donors (Lipinski definition) is 0. The molecule has 0 atom stereocenters. The van der Waals surface area contributed by atoms with Crippen molar-refractivity contribution in [1.82, 2.24) is 0 Å². The van der Waals surface area contributed by atoms with Gasteiger partial charge in [-0.1, -0.05) is 0 Å². The first-order valence-electron chi connectivity index (χ1n) is 5.60. The Hall–Kier alpha value is -0.157. The fourth-order valence-corrected chi connectivity index (χ4v) is 5.78. The van der Waals surface area contributed by atoms with Crippen molar-refractivity contribution in [2.45, 2.75) is 40.5 Å². The van der Waals surface area contributed by atoms with Gasteiger partial charge in [-0.2, -0.15) is 0 Å². The third-order valence-electron chi connectivity index (χ3n) is 3.45. The van der Waals surface area contributed by atoms with E-state index in [0.29, 0.717) is 0 Å². The van der Waals surface area contributed by atoms with Crippen molar-refractivity contribution in [2.24, 2.45) is 0 Å². The SMILES string of the molecule is CC1=CCC(C)=[C]1[Zr][C]1=CCC(C)=C1C.